The van der Waals surface area contributed by atoms with E-state index in [0.717, 1.165) is 6.42 Å². The maximum Gasteiger partial charge on any atom is 0.0301 e. The van der Waals surface area contributed by atoms with Crippen LogP contribution < -0.4 is 5.73 Å². The molecular weight excluding hydrogens is 278 g/mol. The van der Waals surface area contributed by atoms with Gasteiger partial charge >= 0.3 is 0 Å². The molecule has 0 bridgehead atoms. The first-order chi connectivity index (χ1) is 9.81. The molecule has 0 unspecified atom stereocenters. The Morgan fingerprint density at radius 3 is 2.24 bits per heavy atom. The lowest BCUT2D eigenvalue weighted by Gasteiger charge is -2.16. The van der Waals surface area contributed by atoms with Crippen molar-refractivity contribution in [2.24, 2.45) is 5.73 Å². The number of halogens is 1. The molecule has 1 atom stereocenters. The molecule has 0 radical (unpaired) electrons. The Balaban J connectivity index is 0.00000161. The smallest absolute Gasteiger partial charge is 0.0301 e. The highest BCUT2D eigenvalue weighted by atomic mass is 35.5. The standard InChI is InChI=1S/C19H21N.ClH/c1-2-3-12-19(20)18-13-14-8-4-5-9-15(14)16-10-6-7-11-17(16)18;/h4-11,13,19H,2-3,12,20H2,1H3;1H/t19-;/m0./s1. The molecule has 0 spiro atoms. The minimum absolute atomic E-state index is 0. The maximum atomic E-state index is 6.44. The summed E-state index contributed by atoms with van der Waals surface area (Å²) in [7, 11) is 0. The van der Waals surface area contributed by atoms with Crippen molar-refractivity contribution in [2.45, 2.75) is 32.2 Å². The number of hydrogen-bond donors (Lipinski definition) is 1. The summed E-state index contributed by atoms with van der Waals surface area (Å²) in [4.78, 5) is 0. The van der Waals surface area contributed by atoms with Gasteiger partial charge in [-0.1, -0.05) is 68.3 Å². The zero-order chi connectivity index (χ0) is 13.9. The van der Waals surface area contributed by atoms with Crippen LogP contribution in [0.2, 0.25) is 0 Å². The van der Waals surface area contributed by atoms with E-state index in [0.29, 0.717) is 0 Å². The summed E-state index contributed by atoms with van der Waals surface area (Å²) < 4.78 is 0. The maximum absolute atomic E-state index is 6.44. The second-order valence-electron chi connectivity index (χ2n) is 5.48. The largest absolute Gasteiger partial charge is 0.324 e. The van der Waals surface area contributed by atoms with Crippen LogP contribution in [0.1, 0.15) is 37.8 Å². The Hall–Kier alpha value is -1.57. The van der Waals surface area contributed by atoms with Crippen LogP contribution in [0.25, 0.3) is 21.5 Å². The van der Waals surface area contributed by atoms with E-state index in [1.807, 2.05) is 0 Å². The molecule has 0 amide bonds. The van der Waals surface area contributed by atoms with Gasteiger partial charge in [0.2, 0.25) is 0 Å². The molecule has 0 saturated heterocycles. The van der Waals surface area contributed by atoms with Crippen molar-refractivity contribution in [1.29, 1.82) is 0 Å². The number of unbranched alkanes of at least 4 members (excludes halogenated alkanes) is 1. The molecule has 3 rings (SSSR count). The van der Waals surface area contributed by atoms with Crippen molar-refractivity contribution >= 4 is 34.0 Å². The Labute approximate surface area is 132 Å². The fourth-order valence-electron chi connectivity index (χ4n) is 2.97. The molecule has 0 fully saturated rings. The van der Waals surface area contributed by atoms with E-state index in [2.05, 4.69) is 61.5 Å². The average molecular weight is 300 g/mol. The molecule has 0 aliphatic rings. The monoisotopic (exact) mass is 299 g/mol. The fraction of sp³-hybridized carbons (Fsp3) is 0.263. The molecule has 1 nitrogen and oxygen atoms in total. The van der Waals surface area contributed by atoms with E-state index in [4.69, 9.17) is 5.73 Å². The molecular formula is C19H22ClN. The Morgan fingerprint density at radius 1 is 0.905 bits per heavy atom. The number of hydrogen-bond acceptors (Lipinski definition) is 1. The van der Waals surface area contributed by atoms with Gasteiger partial charge < -0.3 is 5.73 Å². The SMILES string of the molecule is CCCC[C@H](N)c1cc2ccccc2c2ccccc12.Cl. The van der Waals surface area contributed by atoms with Crippen LogP contribution in [0, 0.1) is 0 Å². The summed E-state index contributed by atoms with van der Waals surface area (Å²) in [5.74, 6) is 0. The highest BCUT2D eigenvalue weighted by Crippen LogP contribution is 2.32. The first-order valence-corrected chi connectivity index (χ1v) is 7.47. The summed E-state index contributed by atoms with van der Waals surface area (Å²) in [5, 5.41) is 5.21. The molecule has 3 aromatic rings. The molecule has 0 aliphatic carbocycles. The topological polar surface area (TPSA) is 26.0 Å². The molecule has 0 heterocycles. The van der Waals surface area contributed by atoms with Gasteiger partial charge in [-0.15, -0.1) is 12.4 Å². The zero-order valence-corrected chi connectivity index (χ0v) is 13.2. The molecule has 110 valence electrons. The van der Waals surface area contributed by atoms with E-state index in [-0.39, 0.29) is 18.4 Å². The fourth-order valence-corrected chi connectivity index (χ4v) is 2.97. The summed E-state index contributed by atoms with van der Waals surface area (Å²) >= 11 is 0. The third kappa shape index (κ3) is 3.04. The van der Waals surface area contributed by atoms with E-state index < -0.39 is 0 Å². The first kappa shape index (κ1) is 15.8. The van der Waals surface area contributed by atoms with Crippen LogP contribution >= 0.6 is 12.4 Å². The summed E-state index contributed by atoms with van der Waals surface area (Å²) in [6.45, 7) is 2.21. The molecule has 3 aromatic carbocycles. The third-order valence-corrected chi connectivity index (χ3v) is 4.07. The zero-order valence-electron chi connectivity index (χ0n) is 12.4. The van der Waals surface area contributed by atoms with Crippen molar-refractivity contribution in [3.8, 4) is 0 Å². The second kappa shape index (κ2) is 6.93. The first-order valence-electron chi connectivity index (χ1n) is 7.47. The lowest BCUT2D eigenvalue weighted by atomic mass is 9.92. The third-order valence-electron chi connectivity index (χ3n) is 4.07. The molecule has 0 saturated carbocycles. The van der Waals surface area contributed by atoms with Crippen LogP contribution in [-0.2, 0) is 0 Å². The number of fused-ring (bicyclic) bond motifs is 3. The highest BCUT2D eigenvalue weighted by Gasteiger charge is 2.11. The van der Waals surface area contributed by atoms with Crippen LogP contribution in [0.5, 0.6) is 0 Å². The van der Waals surface area contributed by atoms with Crippen LogP contribution in [-0.4, -0.2) is 0 Å². The summed E-state index contributed by atoms with van der Waals surface area (Å²) in [5.41, 5.74) is 7.72. The van der Waals surface area contributed by atoms with Gasteiger partial charge in [-0.05, 0) is 39.6 Å². The van der Waals surface area contributed by atoms with Crippen molar-refractivity contribution in [2.75, 3.05) is 0 Å². The van der Waals surface area contributed by atoms with Gasteiger partial charge in [0, 0.05) is 6.04 Å². The minimum Gasteiger partial charge on any atom is -0.324 e. The Morgan fingerprint density at radius 2 is 1.52 bits per heavy atom. The predicted octanol–water partition coefficient (Wildman–Crippen LogP) is 5.60. The van der Waals surface area contributed by atoms with Crippen LogP contribution in [0.4, 0.5) is 0 Å². The van der Waals surface area contributed by atoms with Crippen LogP contribution in [0.15, 0.2) is 54.6 Å². The summed E-state index contributed by atoms with van der Waals surface area (Å²) in [6, 6.07) is 19.6. The van der Waals surface area contributed by atoms with Gasteiger partial charge in [0.1, 0.15) is 0 Å². The average Bonchev–Trinajstić information content (AvgIpc) is 2.52. The van der Waals surface area contributed by atoms with Crippen molar-refractivity contribution in [3.63, 3.8) is 0 Å². The lowest BCUT2D eigenvalue weighted by Crippen LogP contribution is -2.10. The summed E-state index contributed by atoms with van der Waals surface area (Å²) in [6.07, 6.45) is 3.43. The molecule has 2 heteroatoms. The van der Waals surface area contributed by atoms with Gasteiger partial charge in [-0.2, -0.15) is 0 Å². The Bertz CT molecular complexity index is 736. The Kier molecular flexibility index (Phi) is 5.22. The number of rotatable bonds is 4. The number of nitrogens with two attached hydrogens (primary N) is 1. The second-order valence-corrected chi connectivity index (χ2v) is 5.48. The molecule has 2 N–H and O–H groups in total. The van der Waals surface area contributed by atoms with Crippen molar-refractivity contribution in [1.82, 2.24) is 0 Å². The van der Waals surface area contributed by atoms with E-state index in [1.165, 1.54) is 39.9 Å². The highest BCUT2D eigenvalue weighted by molar-refractivity contribution is 6.09. The van der Waals surface area contributed by atoms with E-state index in [1.54, 1.807) is 0 Å². The molecule has 0 aromatic heterocycles. The van der Waals surface area contributed by atoms with E-state index in [9.17, 15) is 0 Å². The minimum atomic E-state index is 0. The normalized spacial score (nSPS) is 12.3. The molecule has 0 aliphatic heterocycles. The predicted molar refractivity (Wildman–Crippen MR) is 95.2 cm³/mol. The quantitative estimate of drug-likeness (QED) is 0.623. The van der Waals surface area contributed by atoms with Crippen molar-refractivity contribution in [3.05, 3.63) is 60.2 Å². The van der Waals surface area contributed by atoms with Gasteiger partial charge in [-0.25, -0.2) is 0 Å². The van der Waals surface area contributed by atoms with Crippen LogP contribution in [0.3, 0.4) is 0 Å². The van der Waals surface area contributed by atoms with Gasteiger partial charge in [0.05, 0.1) is 0 Å². The van der Waals surface area contributed by atoms with E-state index >= 15 is 0 Å². The van der Waals surface area contributed by atoms with Crippen molar-refractivity contribution < 1.29 is 0 Å². The number of benzene rings is 3. The van der Waals surface area contributed by atoms with Gasteiger partial charge in [0.15, 0.2) is 0 Å². The lowest BCUT2D eigenvalue weighted by molar-refractivity contribution is 0.607. The molecule has 21 heavy (non-hydrogen) atoms. The van der Waals surface area contributed by atoms with Gasteiger partial charge in [0.25, 0.3) is 0 Å². The van der Waals surface area contributed by atoms with Gasteiger partial charge in [-0.3, -0.25) is 0 Å².